The van der Waals surface area contributed by atoms with Gasteiger partial charge in [-0.2, -0.15) is 0 Å². The standard InChI is InChI=1S/C16H27N3O/c1-4-8-15(17)16(20)19(12-11-18(2)3)13-14-9-6-5-7-10-14/h5-7,9-10,15H,4,8,11-13,17H2,1-3H3/t15-/m1/s1. The van der Waals surface area contributed by atoms with Gasteiger partial charge < -0.3 is 15.5 Å². The van der Waals surface area contributed by atoms with Crippen LogP contribution in [-0.2, 0) is 11.3 Å². The van der Waals surface area contributed by atoms with Crippen molar-refractivity contribution in [1.82, 2.24) is 9.80 Å². The molecule has 0 unspecified atom stereocenters. The average molecular weight is 277 g/mol. The lowest BCUT2D eigenvalue weighted by Crippen LogP contribution is -2.45. The van der Waals surface area contributed by atoms with Gasteiger partial charge in [0, 0.05) is 19.6 Å². The molecule has 0 aliphatic rings. The van der Waals surface area contributed by atoms with E-state index in [0.29, 0.717) is 13.1 Å². The minimum Gasteiger partial charge on any atom is -0.336 e. The number of amides is 1. The Morgan fingerprint density at radius 2 is 1.85 bits per heavy atom. The van der Waals surface area contributed by atoms with Gasteiger partial charge in [-0.25, -0.2) is 0 Å². The van der Waals surface area contributed by atoms with Crippen molar-refractivity contribution < 1.29 is 4.79 Å². The average Bonchev–Trinajstić information content (AvgIpc) is 2.44. The molecule has 1 amide bonds. The van der Waals surface area contributed by atoms with Crippen molar-refractivity contribution in [1.29, 1.82) is 0 Å². The molecule has 0 bridgehead atoms. The van der Waals surface area contributed by atoms with Gasteiger partial charge in [-0.05, 0) is 26.1 Å². The van der Waals surface area contributed by atoms with Crippen molar-refractivity contribution in [2.75, 3.05) is 27.2 Å². The molecule has 0 aromatic heterocycles. The van der Waals surface area contributed by atoms with E-state index in [2.05, 4.69) is 11.8 Å². The third kappa shape index (κ3) is 5.72. The third-order valence-corrected chi connectivity index (χ3v) is 3.26. The number of benzene rings is 1. The summed E-state index contributed by atoms with van der Waals surface area (Å²) in [5.41, 5.74) is 7.13. The number of carbonyl (C=O) groups is 1. The Kier molecular flexibility index (Phi) is 7.26. The topological polar surface area (TPSA) is 49.6 Å². The molecule has 4 nitrogen and oxygen atoms in total. The van der Waals surface area contributed by atoms with Gasteiger partial charge >= 0.3 is 0 Å². The number of carbonyl (C=O) groups excluding carboxylic acids is 1. The maximum Gasteiger partial charge on any atom is 0.239 e. The fourth-order valence-electron chi connectivity index (χ4n) is 2.06. The van der Waals surface area contributed by atoms with Gasteiger partial charge in [-0.1, -0.05) is 43.7 Å². The van der Waals surface area contributed by atoms with Crippen molar-refractivity contribution in [3.05, 3.63) is 35.9 Å². The van der Waals surface area contributed by atoms with Gasteiger partial charge in [-0.15, -0.1) is 0 Å². The van der Waals surface area contributed by atoms with Gasteiger partial charge in [0.1, 0.15) is 0 Å². The van der Waals surface area contributed by atoms with Gasteiger partial charge in [0.15, 0.2) is 0 Å². The first-order valence-electron chi connectivity index (χ1n) is 7.27. The molecule has 20 heavy (non-hydrogen) atoms. The van der Waals surface area contributed by atoms with Crippen molar-refractivity contribution in [2.24, 2.45) is 5.73 Å². The van der Waals surface area contributed by atoms with E-state index in [4.69, 9.17) is 5.73 Å². The third-order valence-electron chi connectivity index (χ3n) is 3.26. The van der Waals surface area contributed by atoms with Gasteiger partial charge in [0.05, 0.1) is 6.04 Å². The summed E-state index contributed by atoms with van der Waals surface area (Å²) in [5, 5.41) is 0. The van der Waals surface area contributed by atoms with Crippen LogP contribution < -0.4 is 5.73 Å². The highest BCUT2D eigenvalue weighted by Crippen LogP contribution is 2.08. The van der Waals surface area contributed by atoms with Crippen molar-refractivity contribution in [3.63, 3.8) is 0 Å². The first-order chi connectivity index (χ1) is 9.54. The Bertz CT molecular complexity index is 392. The second-order valence-electron chi connectivity index (χ2n) is 5.44. The minimum atomic E-state index is -0.383. The highest BCUT2D eigenvalue weighted by atomic mass is 16.2. The molecule has 0 fully saturated rings. The summed E-state index contributed by atoms with van der Waals surface area (Å²) in [6.45, 7) is 4.23. The number of hydrogen-bond donors (Lipinski definition) is 1. The van der Waals surface area contributed by atoms with Crippen LogP contribution in [0.3, 0.4) is 0 Å². The summed E-state index contributed by atoms with van der Waals surface area (Å²) >= 11 is 0. The lowest BCUT2D eigenvalue weighted by molar-refractivity contribution is -0.133. The Morgan fingerprint density at radius 1 is 1.20 bits per heavy atom. The molecule has 0 aliphatic heterocycles. The van der Waals surface area contributed by atoms with E-state index >= 15 is 0 Å². The summed E-state index contributed by atoms with van der Waals surface area (Å²) in [5.74, 6) is 0.0533. The fourth-order valence-corrected chi connectivity index (χ4v) is 2.06. The van der Waals surface area contributed by atoms with Gasteiger partial charge in [0.2, 0.25) is 5.91 Å². The molecule has 112 valence electrons. The second kappa shape index (κ2) is 8.72. The quantitative estimate of drug-likeness (QED) is 0.787. The summed E-state index contributed by atoms with van der Waals surface area (Å²) in [4.78, 5) is 16.4. The van der Waals surface area contributed by atoms with E-state index in [-0.39, 0.29) is 11.9 Å². The van der Waals surface area contributed by atoms with Crippen molar-refractivity contribution in [2.45, 2.75) is 32.4 Å². The zero-order valence-electron chi connectivity index (χ0n) is 12.9. The van der Waals surface area contributed by atoms with E-state index in [0.717, 1.165) is 24.9 Å². The SMILES string of the molecule is CCC[C@@H](N)C(=O)N(CCN(C)C)Cc1ccccc1. The predicted octanol–water partition coefficient (Wildman–Crippen LogP) is 1.70. The fraction of sp³-hybridized carbons (Fsp3) is 0.562. The number of rotatable bonds is 8. The largest absolute Gasteiger partial charge is 0.336 e. The molecule has 0 saturated heterocycles. The molecule has 1 aromatic carbocycles. The van der Waals surface area contributed by atoms with Gasteiger partial charge in [-0.3, -0.25) is 4.79 Å². The number of nitrogens with two attached hydrogens (primary N) is 1. The van der Waals surface area contributed by atoms with E-state index in [9.17, 15) is 4.79 Å². The van der Waals surface area contributed by atoms with Gasteiger partial charge in [0.25, 0.3) is 0 Å². The zero-order valence-corrected chi connectivity index (χ0v) is 12.9. The molecule has 1 atom stereocenters. The summed E-state index contributed by atoms with van der Waals surface area (Å²) in [6, 6.07) is 9.68. The second-order valence-corrected chi connectivity index (χ2v) is 5.44. The lowest BCUT2D eigenvalue weighted by Gasteiger charge is -2.27. The molecule has 0 heterocycles. The predicted molar refractivity (Wildman–Crippen MR) is 83.3 cm³/mol. The van der Waals surface area contributed by atoms with Crippen LogP contribution >= 0.6 is 0 Å². The van der Waals surface area contributed by atoms with Crippen LogP contribution in [0.4, 0.5) is 0 Å². The molecule has 1 aromatic rings. The monoisotopic (exact) mass is 277 g/mol. The van der Waals surface area contributed by atoms with Crippen LogP contribution in [-0.4, -0.2) is 48.9 Å². The van der Waals surface area contributed by atoms with E-state index in [1.54, 1.807) is 0 Å². The van der Waals surface area contributed by atoms with Crippen molar-refractivity contribution >= 4 is 5.91 Å². The summed E-state index contributed by atoms with van der Waals surface area (Å²) in [6.07, 6.45) is 1.67. The molecule has 0 spiro atoms. The zero-order chi connectivity index (χ0) is 15.0. The molecule has 0 radical (unpaired) electrons. The maximum atomic E-state index is 12.4. The summed E-state index contributed by atoms with van der Waals surface area (Å²) in [7, 11) is 4.02. The Balaban J connectivity index is 2.71. The van der Waals surface area contributed by atoms with E-state index < -0.39 is 0 Å². The van der Waals surface area contributed by atoms with E-state index in [1.807, 2.05) is 49.3 Å². The number of likely N-dealkylation sites (N-methyl/N-ethyl adjacent to an activating group) is 1. The highest BCUT2D eigenvalue weighted by molar-refractivity contribution is 5.81. The smallest absolute Gasteiger partial charge is 0.239 e. The van der Waals surface area contributed by atoms with Crippen LogP contribution in [0.1, 0.15) is 25.3 Å². The van der Waals surface area contributed by atoms with E-state index in [1.165, 1.54) is 0 Å². The maximum absolute atomic E-state index is 12.4. The number of hydrogen-bond acceptors (Lipinski definition) is 3. The first-order valence-corrected chi connectivity index (χ1v) is 7.27. The summed E-state index contributed by atoms with van der Waals surface area (Å²) < 4.78 is 0. The van der Waals surface area contributed by atoms with Crippen LogP contribution in [0.25, 0.3) is 0 Å². The van der Waals surface area contributed by atoms with Crippen LogP contribution in [0.5, 0.6) is 0 Å². The molecular weight excluding hydrogens is 250 g/mol. The molecule has 1 rings (SSSR count). The molecule has 2 N–H and O–H groups in total. The molecule has 0 aliphatic carbocycles. The molecular formula is C16H27N3O. The normalized spacial score (nSPS) is 12.4. The molecule has 4 heteroatoms. The Labute approximate surface area is 122 Å². The minimum absolute atomic E-state index is 0.0533. The Morgan fingerprint density at radius 3 is 2.40 bits per heavy atom. The van der Waals surface area contributed by atoms with Crippen molar-refractivity contribution in [3.8, 4) is 0 Å². The van der Waals surface area contributed by atoms with Crippen LogP contribution in [0.2, 0.25) is 0 Å². The first kappa shape index (κ1) is 16.7. The highest BCUT2D eigenvalue weighted by Gasteiger charge is 2.20. The number of nitrogens with zero attached hydrogens (tertiary/aromatic N) is 2. The Hall–Kier alpha value is -1.39. The lowest BCUT2D eigenvalue weighted by atomic mass is 10.1. The van der Waals surface area contributed by atoms with Crippen LogP contribution in [0, 0.1) is 0 Å². The van der Waals surface area contributed by atoms with Crippen LogP contribution in [0.15, 0.2) is 30.3 Å². The molecule has 0 saturated carbocycles.